The monoisotopic (exact) mass is 422 g/mol. The van der Waals surface area contributed by atoms with Crippen LogP contribution in [-0.4, -0.2) is 47.7 Å². The van der Waals surface area contributed by atoms with Gasteiger partial charge in [0.25, 0.3) is 0 Å². The van der Waals surface area contributed by atoms with Crippen molar-refractivity contribution in [3.8, 4) is 11.5 Å². The van der Waals surface area contributed by atoms with Gasteiger partial charge >= 0.3 is 23.3 Å². The summed E-state index contributed by atoms with van der Waals surface area (Å²) in [6.07, 6.45) is 0. The average molecular weight is 422 g/mol. The lowest BCUT2D eigenvalue weighted by Gasteiger charge is -2.05. The Morgan fingerprint density at radius 2 is 1.37 bits per heavy atom. The smallest absolute Gasteiger partial charge is 0.337 e. The van der Waals surface area contributed by atoms with Crippen molar-refractivity contribution in [2.45, 2.75) is 6.92 Å². The second-order valence-electron chi connectivity index (χ2n) is 5.32. The van der Waals surface area contributed by atoms with Gasteiger partial charge in [-0.25, -0.2) is 9.59 Å². The number of carbonyl (C=O) groups is 2. The number of nitro groups is 2. The van der Waals surface area contributed by atoms with Gasteiger partial charge in [0.2, 0.25) is 0 Å². The van der Waals surface area contributed by atoms with E-state index in [1.165, 1.54) is 38.5 Å². The van der Waals surface area contributed by atoms with Gasteiger partial charge in [-0.05, 0) is 19.1 Å². The quantitative estimate of drug-likeness (QED) is 0.415. The number of carbonyl (C=O) groups excluding carboxylic acids is 2. The molecule has 2 rings (SSSR count). The van der Waals surface area contributed by atoms with Crippen molar-refractivity contribution >= 4 is 23.3 Å². The van der Waals surface area contributed by atoms with E-state index in [9.17, 15) is 29.8 Å². The zero-order valence-corrected chi connectivity index (χ0v) is 16.2. The van der Waals surface area contributed by atoms with Crippen LogP contribution in [0.3, 0.4) is 0 Å². The van der Waals surface area contributed by atoms with Crippen LogP contribution in [0.1, 0.15) is 27.6 Å². The van der Waals surface area contributed by atoms with E-state index in [1.54, 1.807) is 6.92 Å². The second-order valence-corrected chi connectivity index (χ2v) is 5.32. The first kappa shape index (κ1) is 23.8. The number of phenolic OH excluding ortho intramolecular Hbond substituents is 1. The summed E-state index contributed by atoms with van der Waals surface area (Å²) >= 11 is 0. The minimum atomic E-state index is -0.740. The fourth-order valence-electron chi connectivity index (χ4n) is 2.10. The molecule has 0 aromatic heterocycles. The van der Waals surface area contributed by atoms with Gasteiger partial charge in [0.1, 0.15) is 0 Å². The molecular weight excluding hydrogens is 404 g/mol. The molecule has 12 heteroatoms. The number of nitrogens with zero attached hydrogens (tertiary/aromatic N) is 2. The van der Waals surface area contributed by atoms with Crippen molar-refractivity contribution in [1.82, 2.24) is 0 Å². The molecule has 0 aliphatic heterocycles. The largest absolute Gasteiger partial charge is 0.502 e. The van der Waals surface area contributed by atoms with E-state index in [4.69, 9.17) is 9.84 Å². The maximum atomic E-state index is 11.2. The molecule has 0 unspecified atom stereocenters. The third kappa shape index (κ3) is 6.15. The molecule has 0 fully saturated rings. The number of methoxy groups -OCH3 is 2. The zero-order chi connectivity index (χ0) is 22.8. The summed E-state index contributed by atoms with van der Waals surface area (Å²) in [5.41, 5.74) is -0.334. The topological polar surface area (TPSA) is 168 Å². The highest BCUT2D eigenvalue weighted by molar-refractivity contribution is 5.90. The molecule has 0 spiro atoms. The second kappa shape index (κ2) is 10.9. The van der Waals surface area contributed by atoms with E-state index >= 15 is 0 Å². The normalized spacial score (nSPS) is 9.57. The summed E-state index contributed by atoms with van der Waals surface area (Å²) in [5, 5.41) is 30.1. The van der Waals surface area contributed by atoms with Gasteiger partial charge < -0.3 is 19.3 Å². The molecule has 30 heavy (non-hydrogen) atoms. The van der Waals surface area contributed by atoms with E-state index in [-0.39, 0.29) is 29.2 Å². The van der Waals surface area contributed by atoms with Crippen LogP contribution in [-0.2, 0) is 9.47 Å². The van der Waals surface area contributed by atoms with E-state index < -0.39 is 33.2 Å². The van der Waals surface area contributed by atoms with Gasteiger partial charge in [-0.1, -0.05) is 0 Å². The molecule has 0 radical (unpaired) electrons. The van der Waals surface area contributed by atoms with Gasteiger partial charge in [0.05, 0.1) is 41.8 Å². The van der Waals surface area contributed by atoms with Crippen molar-refractivity contribution in [1.29, 1.82) is 0 Å². The fourth-order valence-corrected chi connectivity index (χ4v) is 2.10. The summed E-state index contributed by atoms with van der Waals surface area (Å²) < 4.78 is 14.0. The summed E-state index contributed by atoms with van der Waals surface area (Å²) in [6, 6.07) is 7.09. The molecule has 0 bridgehead atoms. The molecule has 0 saturated carbocycles. The number of hydrogen-bond acceptors (Lipinski definition) is 10. The first-order valence-corrected chi connectivity index (χ1v) is 8.21. The number of rotatable bonds is 6. The Bertz CT molecular complexity index is 958. The van der Waals surface area contributed by atoms with Gasteiger partial charge in [-0.3, -0.25) is 20.2 Å². The van der Waals surface area contributed by atoms with Crippen LogP contribution in [0.4, 0.5) is 11.4 Å². The van der Waals surface area contributed by atoms with E-state index in [0.717, 1.165) is 12.1 Å². The van der Waals surface area contributed by atoms with Crippen molar-refractivity contribution < 1.29 is 38.8 Å². The molecule has 0 aliphatic rings. The standard InChI is InChI=1S/C10H11NO5.C8H7NO5/c1-3-16-9-6-7(10(12)15-2)4-5-8(9)11(13)14;1-14-8(11)5-2-3-6(9(12)13)7(10)4-5/h4-6H,3H2,1-2H3;2-4,10H,1H3. The summed E-state index contributed by atoms with van der Waals surface area (Å²) in [6.45, 7) is 1.99. The Hall–Kier alpha value is -4.22. The summed E-state index contributed by atoms with van der Waals surface area (Å²) in [5.74, 6) is -1.71. The highest BCUT2D eigenvalue weighted by atomic mass is 16.6. The SMILES string of the molecule is CCOc1cc(C(=O)OC)ccc1[N+](=O)[O-].COC(=O)c1ccc([N+](=O)[O-])c(O)c1. The predicted molar refractivity (Wildman–Crippen MR) is 102 cm³/mol. The fraction of sp³-hybridized carbons (Fsp3) is 0.222. The van der Waals surface area contributed by atoms with Crippen LogP contribution < -0.4 is 4.74 Å². The number of benzene rings is 2. The molecule has 12 nitrogen and oxygen atoms in total. The molecule has 0 atom stereocenters. The lowest BCUT2D eigenvalue weighted by atomic mass is 10.2. The number of ether oxygens (including phenoxy) is 3. The van der Waals surface area contributed by atoms with E-state index in [2.05, 4.69) is 9.47 Å². The van der Waals surface area contributed by atoms with Crippen molar-refractivity contribution in [2.24, 2.45) is 0 Å². The summed E-state index contributed by atoms with van der Waals surface area (Å²) in [4.78, 5) is 41.8. The van der Waals surface area contributed by atoms with Gasteiger partial charge in [-0.2, -0.15) is 0 Å². The Morgan fingerprint density at radius 3 is 1.77 bits per heavy atom. The minimum absolute atomic E-state index is 0.0652. The minimum Gasteiger partial charge on any atom is -0.502 e. The van der Waals surface area contributed by atoms with Crippen LogP contribution in [0.2, 0.25) is 0 Å². The molecule has 0 heterocycles. The average Bonchev–Trinajstić information content (AvgIpc) is 2.72. The number of aromatic hydroxyl groups is 1. The lowest BCUT2D eigenvalue weighted by molar-refractivity contribution is -0.386. The van der Waals surface area contributed by atoms with Crippen molar-refractivity contribution in [3.05, 3.63) is 67.8 Å². The third-order valence-electron chi connectivity index (χ3n) is 3.47. The summed E-state index contributed by atoms with van der Waals surface area (Å²) in [7, 11) is 2.42. The lowest BCUT2D eigenvalue weighted by Crippen LogP contribution is -2.04. The van der Waals surface area contributed by atoms with E-state index in [0.29, 0.717) is 0 Å². The number of hydrogen-bond donors (Lipinski definition) is 1. The van der Waals surface area contributed by atoms with Crippen LogP contribution in [0.25, 0.3) is 0 Å². The Balaban J connectivity index is 0.000000303. The van der Waals surface area contributed by atoms with Gasteiger partial charge in [0, 0.05) is 24.3 Å². The highest BCUT2D eigenvalue weighted by Crippen LogP contribution is 2.28. The molecule has 2 aromatic carbocycles. The van der Waals surface area contributed by atoms with Crippen LogP contribution in [0, 0.1) is 20.2 Å². The molecule has 0 saturated heterocycles. The number of nitro benzene ring substituents is 2. The maximum absolute atomic E-state index is 11.2. The van der Waals surface area contributed by atoms with Crippen molar-refractivity contribution in [3.63, 3.8) is 0 Å². The van der Waals surface area contributed by atoms with Crippen LogP contribution in [0.15, 0.2) is 36.4 Å². The van der Waals surface area contributed by atoms with Crippen LogP contribution in [0.5, 0.6) is 11.5 Å². The molecule has 0 amide bonds. The highest BCUT2D eigenvalue weighted by Gasteiger charge is 2.18. The Morgan fingerprint density at radius 1 is 0.900 bits per heavy atom. The third-order valence-corrected chi connectivity index (χ3v) is 3.47. The van der Waals surface area contributed by atoms with Gasteiger partial charge in [-0.15, -0.1) is 0 Å². The molecular formula is C18H18N2O10. The number of phenols is 1. The Kier molecular flexibility index (Phi) is 8.69. The van der Waals surface area contributed by atoms with Crippen LogP contribution >= 0.6 is 0 Å². The first-order chi connectivity index (χ1) is 14.2. The predicted octanol–water partition coefficient (Wildman–Crippen LogP) is 2.87. The van der Waals surface area contributed by atoms with Crippen molar-refractivity contribution in [2.75, 3.05) is 20.8 Å². The number of esters is 2. The molecule has 160 valence electrons. The van der Waals surface area contributed by atoms with Gasteiger partial charge in [0.15, 0.2) is 11.5 Å². The zero-order valence-electron chi connectivity index (χ0n) is 16.2. The molecule has 1 N–H and O–H groups in total. The molecule has 2 aromatic rings. The Labute approximate surface area is 169 Å². The van der Waals surface area contributed by atoms with E-state index in [1.807, 2.05) is 0 Å². The maximum Gasteiger partial charge on any atom is 0.337 e. The molecule has 0 aliphatic carbocycles. The first-order valence-electron chi connectivity index (χ1n) is 8.21.